The lowest BCUT2D eigenvalue weighted by molar-refractivity contribution is -0.139. The zero-order valence-corrected chi connectivity index (χ0v) is 20.9. The van der Waals surface area contributed by atoms with Crippen LogP contribution in [0.1, 0.15) is 28.9 Å². The van der Waals surface area contributed by atoms with Crippen LogP contribution in [0.4, 0.5) is 9.18 Å². The van der Waals surface area contributed by atoms with E-state index in [0.717, 1.165) is 0 Å². The molecule has 0 bridgehead atoms. The van der Waals surface area contributed by atoms with Crippen molar-refractivity contribution in [2.24, 2.45) is 0 Å². The van der Waals surface area contributed by atoms with Gasteiger partial charge in [-0.1, -0.05) is 41.9 Å². The number of urea groups is 1. The van der Waals surface area contributed by atoms with Crippen molar-refractivity contribution in [2.75, 3.05) is 46.4 Å². The Labute approximate surface area is 214 Å². The number of amides is 3. The van der Waals surface area contributed by atoms with Crippen molar-refractivity contribution < 1.29 is 23.5 Å². The van der Waals surface area contributed by atoms with E-state index in [4.69, 9.17) is 16.3 Å². The minimum Gasteiger partial charge on any atom is -0.463 e. The molecule has 2 aromatic carbocycles. The molecule has 3 amide bonds. The highest BCUT2D eigenvalue weighted by Gasteiger charge is 2.38. The summed E-state index contributed by atoms with van der Waals surface area (Å²) in [7, 11) is 1.60. The molecule has 1 atom stereocenters. The third-order valence-electron chi connectivity index (χ3n) is 6.43. The number of halogens is 2. The van der Waals surface area contributed by atoms with Crippen molar-refractivity contribution in [1.82, 2.24) is 20.0 Å². The van der Waals surface area contributed by atoms with Crippen LogP contribution in [0.3, 0.4) is 0 Å². The van der Waals surface area contributed by atoms with Crippen molar-refractivity contribution >= 4 is 29.5 Å². The number of piperazine rings is 1. The Hall–Kier alpha value is -3.43. The number of esters is 1. The maximum absolute atomic E-state index is 14.1. The van der Waals surface area contributed by atoms with Crippen LogP contribution in [0.2, 0.25) is 5.02 Å². The van der Waals surface area contributed by atoms with Crippen LogP contribution in [-0.2, 0) is 9.53 Å². The van der Waals surface area contributed by atoms with Gasteiger partial charge in [0.2, 0.25) is 0 Å². The summed E-state index contributed by atoms with van der Waals surface area (Å²) >= 11 is 6.42. The van der Waals surface area contributed by atoms with Gasteiger partial charge in [0, 0.05) is 50.5 Å². The molecule has 0 aromatic heterocycles. The van der Waals surface area contributed by atoms with Crippen molar-refractivity contribution in [2.45, 2.75) is 13.0 Å². The van der Waals surface area contributed by atoms with Gasteiger partial charge in [0.15, 0.2) is 0 Å². The number of ether oxygens (including phenoxy) is 1. The summed E-state index contributed by atoms with van der Waals surface area (Å²) < 4.78 is 19.4. The Morgan fingerprint density at radius 1 is 1.08 bits per heavy atom. The minimum atomic E-state index is -0.764. The highest BCUT2D eigenvalue weighted by atomic mass is 35.5. The number of nitrogens with zero attached hydrogens (tertiary/aromatic N) is 3. The number of nitrogens with one attached hydrogen (secondary N) is 1. The van der Waals surface area contributed by atoms with Crippen LogP contribution in [0.25, 0.3) is 0 Å². The maximum atomic E-state index is 14.1. The van der Waals surface area contributed by atoms with E-state index >= 15 is 0 Å². The summed E-state index contributed by atoms with van der Waals surface area (Å²) in [6, 6.07) is 11.8. The second-order valence-electron chi connectivity index (χ2n) is 8.59. The van der Waals surface area contributed by atoms with Gasteiger partial charge in [0.25, 0.3) is 5.91 Å². The summed E-state index contributed by atoms with van der Waals surface area (Å²) in [5, 5.41) is 3.29. The fourth-order valence-corrected chi connectivity index (χ4v) is 4.71. The van der Waals surface area contributed by atoms with E-state index in [9.17, 15) is 18.8 Å². The lowest BCUT2D eigenvalue weighted by Crippen LogP contribution is -2.53. The molecule has 0 saturated carbocycles. The van der Waals surface area contributed by atoms with Crippen molar-refractivity contribution in [3.63, 3.8) is 0 Å². The summed E-state index contributed by atoms with van der Waals surface area (Å²) in [6.45, 7) is 3.95. The summed E-state index contributed by atoms with van der Waals surface area (Å²) in [5.74, 6) is -1.43. The second kappa shape index (κ2) is 11.1. The number of benzene rings is 2. The van der Waals surface area contributed by atoms with Gasteiger partial charge >= 0.3 is 12.0 Å². The quantitative estimate of drug-likeness (QED) is 0.597. The molecule has 8 nitrogen and oxygen atoms in total. The molecule has 2 aliphatic rings. The highest BCUT2D eigenvalue weighted by Crippen LogP contribution is 2.34. The Morgan fingerprint density at radius 3 is 2.42 bits per heavy atom. The van der Waals surface area contributed by atoms with Crippen LogP contribution in [0, 0.1) is 5.82 Å². The molecule has 1 N–H and O–H groups in total. The first kappa shape index (κ1) is 25.7. The molecule has 2 heterocycles. The third kappa shape index (κ3) is 5.22. The minimum absolute atomic E-state index is 0.0459. The van der Waals surface area contributed by atoms with E-state index in [0.29, 0.717) is 54.6 Å². The summed E-state index contributed by atoms with van der Waals surface area (Å²) in [4.78, 5) is 43.9. The molecule has 4 rings (SSSR count). The highest BCUT2D eigenvalue weighted by molar-refractivity contribution is 6.31. The van der Waals surface area contributed by atoms with Crippen LogP contribution < -0.4 is 5.32 Å². The number of hydrogen-bond donors (Lipinski definition) is 1. The number of rotatable bonds is 6. The van der Waals surface area contributed by atoms with Gasteiger partial charge in [-0.05, 0) is 30.7 Å². The molecular weight excluding hydrogens is 487 g/mol. The predicted octanol–water partition coefficient (Wildman–Crippen LogP) is 3.45. The number of hydrogen-bond acceptors (Lipinski definition) is 5. The molecule has 1 fully saturated rings. The van der Waals surface area contributed by atoms with E-state index in [2.05, 4.69) is 10.2 Å². The van der Waals surface area contributed by atoms with Gasteiger partial charge in [-0.2, -0.15) is 0 Å². The summed E-state index contributed by atoms with van der Waals surface area (Å²) in [6.07, 6.45) is 0. The fraction of sp³-hybridized carbons (Fsp3) is 0.346. The zero-order chi connectivity index (χ0) is 25.8. The molecule has 2 aromatic rings. The molecule has 0 spiro atoms. The van der Waals surface area contributed by atoms with Crippen LogP contribution in [-0.4, -0.2) is 79.0 Å². The first-order chi connectivity index (χ1) is 17.3. The normalized spacial score (nSPS) is 18.8. The predicted molar refractivity (Wildman–Crippen MR) is 133 cm³/mol. The van der Waals surface area contributed by atoms with Gasteiger partial charge in [0.05, 0.1) is 23.8 Å². The molecule has 0 aliphatic carbocycles. The molecule has 190 valence electrons. The Bertz CT molecular complexity index is 1200. The third-order valence-corrected chi connectivity index (χ3v) is 6.77. The molecular formula is C26H28ClFN4O4. The van der Waals surface area contributed by atoms with Gasteiger partial charge in [0.1, 0.15) is 5.82 Å². The Balaban J connectivity index is 1.58. The Morgan fingerprint density at radius 2 is 1.75 bits per heavy atom. The molecule has 1 unspecified atom stereocenters. The average molecular weight is 515 g/mol. The van der Waals surface area contributed by atoms with E-state index in [1.54, 1.807) is 55.3 Å². The lowest BCUT2D eigenvalue weighted by atomic mass is 9.94. The molecule has 0 radical (unpaired) electrons. The summed E-state index contributed by atoms with van der Waals surface area (Å²) in [5.41, 5.74) is 1.47. The molecule has 1 saturated heterocycles. The van der Waals surface area contributed by atoms with Gasteiger partial charge < -0.3 is 15.0 Å². The average Bonchev–Trinajstić information content (AvgIpc) is 2.87. The zero-order valence-electron chi connectivity index (χ0n) is 20.2. The maximum Gasteiger partial charge on any atom is 0.338 e. The SMILES string of the molecule is CCOC(=O)C1=C(CN2CCN(C(=O)c3ccccc3F)CC2)N(C)C(=O)NC1c1ccccc1Cl. The fourth-order valence-electron chi connectivity index (χ4n) is 4.47. The standard InChI is InChI=1S/C26H28ClFN4O4/c1-3-36-25(34)22-21(30(2)26(35)29-23(22)17-8-4-6-10-19(17)27)16-31-12-14-32(15-13-31)24(33)18-9-5-7-11-20(18)28/h4-11,23H,3,12-16H2,1-2H3,(H,29,35). The van der Waals surface area contributed by atoms with Crippen LogP contribution >= 0.6 is 11.6 Å². The first-order valence-electron chi connectivity index (χ1n) is 11.8. The molecule has 10 heteroatoms. The van der Waals surface area contributed by atoms with Gasteiger partial charge in [-0.25, -0.2) is 14.0 Å². The first-order valence-corrected chi connectivity index (χ1v) is 12.1. The molecule has 36 heavy (non-hydrogen) atoms. The van der Waals surface area contributed by atoms with Gasteiger partial charge in [-0.15, -0.1) is 0 Å². The van der Waals surface area contributed by atoms with Crippen molar-refractivity contribution in [1.29, 1.82) is 0 Å². The largest absolute Gasteiger partial charge is 0.463 e. The van der Waals surface area contributed by atoms with Gasteiger partial charge in [-0.3, -0.25) is 14.6 Å². The number of carbonyl (C=O) groups is 3. The smallest absolute Gasteiger partial charge is 0.338 e. The van der Waals surface area contributed by atoms with E-state index < -0.39 is 17.8 Å². The number of carbonyl (C=O) groups excluding carboxylic acids is 3. The van der Waals surface area contributed by atoms with Crippen molar-refractivity contribution in [3.8, 4) is 0 Å². The van der Waals surface area contributed by atoms with Crippen molar-refractivity contribution in [3.05, 3.63) is 81.8 Å². The van der Waals surface area contributed by atoms with E-state index in [-0.39, 0.29) is 24.1 Å². The van der Waals surface area contributed by atoms with E-state index in [1.807, 2.05) is 0 Å². The molecule has 2 aliphatic heterocycles. The Kier molecular flexibility index (Phi) is 7.91. The monoisotopic (exact) mass is 514 g/mol. The van der Waals surface area contributed by atoms with E-state index in [1.165, 1.54) is 17.0 Å². The number of likely N-dealkylation sites (N-methyl/N-ethyl adjacent to an activating group) is 1. The second-order valence-corrected chi connectivity index (χ2v) is 9.00. The lowest BCUT2D eigenvalue weighted by Gasteiger charge is -2.39. The topological polar surface area (TPSA) is 82.2 Å². The van der Waals surface area contributed by atoms with Crippen LogP contribution in [0.15, 0.2) is 59.8 Å². The van der Waals surface area contributed by atoms with Crippen LogP contribution in [0.5, 0.6) is 0 Å².